The molecule has 7 rings (SSSR count). The zero-order valence-electron chi connectivity index (χ0n) is 19.5. The van der Waals surface area contributed by atoms with E-state index in [1.54, 1.807) is 0 Å². The first-order valence-corrected chi connectivity index (χ1v) is 18.0. The van der Waals surface area contributed by atoms with Crippen molar-refractivity contribution in [2.24, 2.45) is 13.5 Å². The van der Waals surface area contributed by atoms with Crippen LogP contribution in [0.15, 0.2) is 13.5 Å². The summed E-state index contributed by atoms with van der Waals surface area (Å²) in [6.07, 6.45) is 10.5. The molecule has 2 atom stereocenters. The Kier molecular flexibility index (Phi) is 5.60. The molecule has 0 aromatic carbocycles. The van der Waals surface area contributed by atoms with E-state index >= 15 is 0 Å². The van der Waals surface area contributed by atoms with Crippen LogP contribution in [0.25, 0.3) is 0 Å². The van der Waals surface area contributed by atoms with Crippen molar-refractivity contribution in [3.05, 3.63) is 0 Å². The van der Waals surface area contributed by atoms with Crippen LogP contribution in [0.4, 0.5) is 0 Å². The molecule has 0 aromatic heterocycles. The molecular formula is C20H40N9P3. The lowest BCUT2D eigenvalue weighted by Gasteiger charge is -2.47. The van der Waals surface area contributed by atoms with E-state index in [1.165, 1.54) is 130 Å². The number of nitrogens with zero attached hydrogens (tertiary/aromatic N) is 9. The molecule has 180 valence electrons. The first kappa shape index (κ1) is 21.7. The topological polar surface area (TPSA) is 56.1 Å². The van der Waals surface area contributed by atoms with E-state index in [0.717, 1.165) is 0 Å². The Balaban J connectivity index is 1.52. The quantitative estimate of drug-likeness (QED) is 0.385. The summed E-state index contributed by atoms with van der Waals surface area (Å²) in [7, 11) is -6.22. The van der Waals surface area contributed by atoms with Gasteiger partial charge in [0.2, 0.25) is 22.5 Å². The van der Waals surface area contributed by atoms with Gasteiger partial charge in [0.1, 0.15) is 0 Å². The third-order valence-electron chi connectivity index (χ3n) is 8.17. The number of rotatable bonds is 6. The number of hydrogen-bond acceptors (Lipinski definition) is 9. The van der Waals surface area contributed by atoms with Crippen LogP contribution in [0.1, 0.15) is 51.4 Å². The lowest BCUT2D eigenvalue weighted by molar-refractivity contribution is 0.459. The van der Waals surface area contributed by atoms with Crippen molar-refractivity contribution >= 4 is 22.5 Å². The summed E-state index contributed by atoms with van der Waals surface area (Å²) < 4.78 is 34.8. The van der Waals surface area contributed by atoms with Gasteiger partial charge in [0.05, 0.1) is 0 Å². The smallest absolute Gasteiger partial charge is 0.221 e. The van der Waals surface area contributed by atoms with Crippen LogP contribution in [-0.2, 0) is 0 Å². The predicted molar refractivity (Wildman–Crippen MR) is 134 cm³/mol. The van der Waals surface area contributed by atoms with Crippen LogP contribution in [0.5, 0.6) is 0 Å². The van der Waals surface area contributed by atoms with Gasteiger partial charge >= 0.3 is 0 Å². The average molecular weight is 500 g/mol. The molecule has 0 radical (unpaired) electrons. The molecule has 0 N–H and O–H groups in total. The molecule has 7 heterocycles. The van der Waals surface area contributed by atoms with Crippen LogP contribution in [0.2, 0.25) is 0 Å². The Morgan fingerprint density at radius 3 is 0.656 bits per heavy atom. The van der Waals surface area contributed by atoms with E-state index in [-0.39, 0.29) is 0 Å². The fourth-order valence-corrected chi connectivity index (χ4v) is 22.5. The molecule has 32 heavy (non-hydrogen) atoms. The summed E-state index contributed by atoms with van der Waals surface area (Å²) in [6, 6.07) is 0. The van der Waals surface area contributed by atoms with Gasteiger partial charge in [-0.3, -0.25) is 0 Å². The van der Waals surface area contributed by atoms with Gasteiger partial charge in [-0.25, -0.2) is 28.0 Å². The Hall–Kier alpha value is 0.450. The Morgan fingerprint density at radius 1 is 0.281 bits per heavy atom. The second-order valence-electron chi connectivity index (χ2n) is 10.4. The molecule has 0 aromatic rings. The van der Waals surface area contributed by atoms with Crippen molar-refractivity contribution in [1.29, 1.82) is 0 Å². The van der Waals surface area contributed by atoms with Gasteiger partial charge in [0, 0.05) is 78.5 Å². The molecular weight excluding hydrogens is 459 g/mol. The first-order chi connectivity index (χ1) is 15.8. The van der Waals surface area contributed by atoms with Gasteiger partial charge in [0.15, 0.2) is 0 Å². The molecule has 0 aliphatic carbocycles. The van der Waals surface area contributed by atoms with E-state index in [4.69, 9.17) is 13.5 Å². The fraction of sp³-hybridized carbons (Fsp3) is 1.00. The third-order valence-corrected chi connectivity index (χ3v) is 20.9. The maximum absolute atomic E-state index is 6.10. The Labute approximate surface area is 194 Å². The predicted octanol–water partition coefficient (Wildman–Crippen LogP) is 4.85. The molecule has 7 aliphatic rings. The minimum atomic E-state index is -2.11. The van der Waals surface area contributed by atoms with E-state index < -0.39 is 22.5 Å². The highest BCUT2D eigenvalue weighted by Crippen LogP contribution is 2.85. The SMILES string of the molecule is C1CCN(P2(N3CCCC3)=N[P@](N3CCCC3)(N3CC3)=N[P@](N3CCCC3)(N3CC3)=N2)C1. The van der Waals surface area contributed by atoms with Crippen LogP contribution >= 0.6 is 22.5 Å². The van der Waals surface area contributed by atoms with Crippen LogP contribution in [0.3, 0.4) is 0 Å². The van der Waals surface area contributed by atoms with Crippen molar-refractivity contribution in [1.82, 2.24) is 28.0 Å². The lowest BCUT2D eigenvalue weighted by atomic mass is 10.4. The molecule has 7 aliphatic heterocycles. The van der Waals surface area contributed by atoms with E-state index in [1.807, 2.05) is 0 Å². The van der Waals surface area contributed by atoms with Gasteiger partial charge in [0.25, 0.3) is 0 Å². The molecule has 12 heteroatoms. The van der Waals surface area contributed by atoms with Gasteiger partial charge in [-0.05, 0) is 51.4 Å². The van der Waals surface area contributed by atoms with E-state index in [2.05, 4.69) is 28.0 Å². The van der Waals surface area contributed by atoms with Crippen LogP contribution in [-0.4, -0.2) is 107 Å². The molecule has 0 bridgehead atoms. The summed E-state index contributed by atoms with van der Waals surface area (Å²) in [5.74, 6) is 0. The molecule has 6 saturated heterocycles. The summed E-state index contributed by atoms with van der Waals surface area (Å²) >= 11 is 0. The van der Waals surface area contributed by atoms with Crippen molar-refractivity contribution < 1.29 is 0 Å². The average Bonchev–Trinajstić information content (AvgIpc) is 3.48. The maximum atomic E-state index is 6.10. The van der Waals surface area contributed by atoms with E-state index in [9.17, 15) is 0 Å². The first-order valence-electron chi connectivity index (χ1n) is 13.2. The summed E-state index contributed by atoms with van der Waals surface area (Å²) in [5.41, 5.74) is 0. The highest BCUT2D eigenvalue weighted by atomic mass is 31.3. The summed E-state index contributed by atoms with van der Waals surface area (Å²) in [6.45, 7) is 14.3. The van der Waals surface area contributed by atoms with Crippen LogP contribution < -0.4 is 0 Å². The highest BCUT2D eigenvalue weighted by molar-refractivity contribution is 7.83. The monoisotopic (exact) mass is 499 g/mol. The minimum Gasteiger partial charge on any atom is -0.240 e. The molecule has 0 amide bonds. The lowest BCUT2D eigenvalue weighted by Crippen LogP contribution is -2.31. The Morgan fingerprint density at radius 2 is 0.469 bits per heavy atom. The van der Waals surface area contributed by atoms with E-state index in [0.29, 0.717) is 0 Å². The molecule has 0 unspecified atom stereocenters. The molecule has 0 saturated carbocycles. The normalized spacial score (nSPS) is 41.6. The third kappa shape index (κ3) is 3.38. The van der Waals surface area contributed by atoms with Crippen molar-refractivity contribution in [3.63, 3.8) is 0 Å². The molecule has 9 nitrogen and oxygen atoms in total. The van der Waals surface area contributed by atoms with Crippen molar-refractivity contribution in [2.45, 2.75) is 51.4 Å². The second kappa shape index (κ2) is 8.25. The maximum Gasteiger partial charge on any atom is 0.221 e. The number of hydrogen-bond donors (Lipinski definition) is 0. The zero-order valence-corrected chi connectivity index (χ0v) is 22.2. The zero-order chi connectivity index (χ0) is 21.2. The Bertz CT molecular complexity index is 852. The largest absolute Gasteiger partial charge is 0.240 e. The van der Waals surface area contributed by atoms with Gasteiger partial charge in [-0.2, -0.15) is 13.5 Å². The van der Waals surface area contributed by atoms with Gasteiger partial charge in [-0.15, -0.1) is 0 Å². The highest BCUT2D eigenvalue weighted by Gasteiger charge is 2.55. The standard InChI is InChI=1S/C20H40N9P3/c1-2-10-24(9-1)30(25-11-3-4-12-25)21-31(28-17-18-28,26-13-5-6-14-26)23-32(22-30,29-19-20-29)27-15-7-8-16-27/h1-20H2/t31-,32+. The van der Waals surface area contributed by atoms with Crippen molar-refractivity contribution in [3.8, 4) is 0 Å². The minimum absolute atomic E-state index is 1.19. The second-order valence-corrected chi connectivity index (χ2v) is 19.2. The summed E-state index contributed by atoms with van der Waals surface area (Å²) in [5, 5.41) is 0. The molecule has 6 fully saturated rings. The van der Waals surface area contributed by atoms with Gasteiger partial charge < -0.3 is 0 Å². The fourth-order valence-electron chi connectivity index (χ4n) is 6.25. The van der Waals surface area contributed by atoms with Crippen molar-refractivity contribution in [2.75, 3.05) is 78.5 Å². The summed E-state index contributed by atoms with van der Waals surface area (Å²) in [4.78, 5) is 0. The van der Waals surface area contributed by atoms with Gasteiger partial charge in [-0.1, -0.05) is 0 Å². The van der Waals surface area contributed by atoms with Crippen LogP contribution in [0, 0.1) is 0 Å². The molecule has 0 spiro atoms.